The van der Waals surface area contributed by atoms with Crippen LogP contribution in [-0.2, 0) is 6.54 Å². The molecule has 0 spiro atoms. The molecule has 0 amide bonds. The van der Waals surface area contributed by atoms with Gasteiger partial charge in [0.05, 0.1) is 5.52 Å². The number of aromatic nitrogens is 3. The Morgan fingerprint density at radius 3 is 3.00 bits per heavy atom. The lowest BCUT2D eigenvalue weighted by atomic mass is 10.5. The maximum Gasteiger partial charge on any atom is 0.199 e. The summed E-state index contributed by atoms with van der Waals surface area (Å²) in [5.74, 6) is 1.15. The van der Waals surface area contributed by atoms with Crippen molar-refractivity contribution in [3.05, 3.63) is 6.07 Å². The molecule has 12 heavy (non-hydrogen) atoms. The number of hydrogen-bond acceptors (Lipinski definition) is 3. The maximum absolute atomic E-state index is 5.72. The minimum Gasteiger partial charge on any atom is -0.385 e. The van der Waals surface area contributed by atoms with Gasteiger partial charge >= 0.3 is 0 Å². The number of aryl methyl sites for hydroxylation is 1. The first kappa shape index (κ1) is 7.02. The molecule has 64 valence electrons. The fraction of sp³-hybridized carbons (Fsp3) is 0.286. The maximum atomic E-state index is 5.72. The number of imidazole rings is 1. The molecule has 2 aromatic heterocycles. The van der Waals surface area contributed by atoms with Gasteiger partial charge in [0.15, 0.2) is 11.6 Å². The van der Waals surface area contributed by atoms with Gasteiger partial charge in [0.2, 0.25) is 0 Å². The lowest BCUT2D eigenvalue weighted by molar-refractivity contribution is 0.800. The highest BCUT2D eigenvalue weighted by molar-refractivity contribution is 5.79. The predicted molar refractivity (Wildman–Crippen MR) is 48.6 cm³/mol. The normalized spacial score (nSPS) is 11.1. The van der Waals surface area contributed by atoms with Crippen LogP contribution < -0.4 is 11.5 Å². The van der Waals surface area contributed by atoms with Gasteiger partial charge < -0.3 is 21.0 Å². The van der Waals surface area contributed by atoms with Gasteiger partial charge in [-0.15, -0.1) is 0 Å². The van der Waals surface area contributed by atoms with E-state index >= 15 is 0 Å². The Bertz CT molecular complexity index is 411. The summed E-state index contributed by atoms with van der Waals surface area (Å²) >= 11 is 0. The molecule has 0 atom stereocenters. The average molecular weight is 165 g/mol. The summed E-state index contributed by atoms with van der Waals surface area (Å²) in [5.41, 5.74) is 12.9. The van der Waals surface area contributed by atoms with E-state index in [1.807, 2.05) is 17.6 Å². The second kappa shape index (κ2) is 2.17. The quantitative estimate of drug-likeness (QED) is 0.576. The second-order valence-electron chi connectivity index (χ2n) is 2.67. The molecule has 0 aliphatic carbocycles. The van der Waals surface area contributed by atoms with Crippen LogP contribution in [0, 0.1) is 0 Å². The van der Waals surface area contributed by atoms with E-state index in [9.17, 15) is 0 Å². The zero-order valence-corrected chi connectivity index (χ0v) is 6.83. The summed E-state index contributed by atoms with van der Waals surface area (Å²) in [6, 6.07) is 1.84. The lowest BCUT2D eigenvalue weighted by Crippen LogP contribution is -2.00. The fourth-order valence-corrected chi connectivity index (χ4v) is 1.38. The highest BCUT2D eigenvalue weighted by Crippen LogP contribution is 2.19. The minimum atomic E-state index is 0.433. The van der Waals surface area contributed by atoms with Crippen LogP contribution >= 0.6 is 0 Å². The van der Waals surface area contributed by atoms with Crippen LogP contribution in [0.25, 0.3) is 11.2 Å². The number of nitrogen functional groups attached to an aromatic ring is 2. The van der Waals surface area contributed by atoms with Gasteiger partial charge in [-0.25, -0.2) is 0 Å². The summed E-state index contributed by atoms with van der Waals surface area (Å²) in [5, 5.41) is 0. The van der Waals surface area contributed by atoms with Crippen LogP contribution in [0.2, 0.25) is 0 Å². The minimum absolute atomic E-state index is 0.433. The molecular formula is C7H11N5. The predicted octanol–water partition coefficient (Wildman–Crippen LogP) is 0.549. The number of hydrogen-bond donors (Lipinski definition) is 3. The number of nitrogens with one attached hydrogen (secondary N) is 1. The van der Waals surface area contributed by atoms with Gasteiger partial charge in [0.1, 0.15) is 5.82 Å². The van der Waals surface area contributed by atoms with Crippen LogP contribution in [0.15, 0.2) is 6.07 Å². The molecule has 2 aromatic rings. The third-order valence-corrected chi connectivity index (χ3v) is 1.91. The summed E-state index contributed by atoms with van der Waals surface area (Å²) in [6.45, 7) is 2.82. The first-order chi connectivity index (χ1) is 5.72. The number of anilines is 2. The van der Waals surface area contributed by atoms with Gasteiger partial charge in [0, 0.05) is 12.6 Å². The Morgan fingerprint density at radius 2 is 2.33 bits per heavy atom. The molecule has 5 N–H and O–H groups in total. The zero-order valence-electron chi connectivity index (χ0n) is 6.83. The van der Waals surface area contributed by atoms with Crippen molar-refractivity contribution in [2.24, 2.45) is 0 Å². The Hall–Kier alpha value is -1.65. The molecule has 0 radical (unpaired) electrons. The first-order valence-electron chi connectivity index (χ1n) is 3.82. The molecule has 0 saturated heterocycles. The Kier molecular flexibility index (Phi) is 1.27. The lowest BCUT2D eigenvalue weighted by Gasteiger charge is -1.99. The van der Waals surface area contributed by atoms with E-state index in [0.717, 1.165) is 17.7 Å². The molecule has 0 aromatic carbocycles. The molecule has 2 heterocycles. The molecule has 0 unspecified atom stereocenters. The van der Waals surface area contributed by atoms with E-state index in [4.69, 9.17) is 11.5 Å². The van der Waals surface area contributed by atoms with Gasteiger partial charge in [0.25, 0.3) is 0 Å². The zero-order chi connectivity index (χ0) is 8.72. The first-order valence-corrected chi connectivity index (χ1v) is 3.82. The van der Waals surface area contributed by atoms with Crippen LogP contribution in [-0.4, -0.2) is 14.5 Å². The number of nitrogens with zero attached hydrogens (tertiary/aromatic N) is 2. The molecule has 2 rings (SSSR count). The highest BCUT2D eigenvalue weighted by Gasteiger charge is 2.07. The van der Waals surface area contributed by atoms with Crippen molar-refractivity contribution < 1.29 is 0 Å². The summed E-state index contributed by atoms with van der Waals surface area (Å²) in [4.78, 5) is 7.03. The molecule has 5 nitrogen and oxygen atoms in total. The van der Waals surface area contributed by atoms with Crippen molar-refractivity contribution in [2.75, 3.05) is 11.5 Å². The SMILES string of the molecule is CCn1c(N)cc2[nH]c(N)nc21. The van der Waals surface area contributed by atoms with Crippen molar-refractivity contribution in [3.8, 4) is 0 Å². The molecule has 0 fully saturated rings. The second-order valence-corrected chi connectivity index (χ2v) is 2.67. The van der Waals surface area contributed by atoms with Crippen molar-refractivity contribution >= 4 is 22.9 Å². The van der Waals surface area contributed by atoms with Crippen molar-refractivity contribution in [2.45, 2.75) is 13.5 Å². The van der Waals surface area contributed by atoms with E-state index < -0.39 is 0 Å². The number of H-pyrrole nitrogens is 1. The van der Waals surface area contributed by atoms with Crippen molar-refractivity contribution in [3.63, 3.8) is 0 Å². The van der Waals surface area contributed by atoms with Gasteiger partial charge in [-0.3, -0.25) is 0 Å². The van der Waals surface area contributed by atoms with Crippen LogP contribution in [0.3, 0.4) is 0 Å². The van der Waals surface area contributed by atoms with E-state index in [1.54, 1.807) is 0 Å². The van der Waals surface area contributed by atoms with E-state index in [2.05, 4.69) is 9.97 Å². The monoisotopic (exact) mass is 165 g/mol. The molecule has 0 saturated carbocycles. The number of nitrogens with two attached hydrogens (primary N) is 2. The van der Waals surface area contributed by atoms with Gasteiger partial charge in [-0.2, -0.15) is 4.98 Å². The molecule has 5 heteroatoms. The van der Waals surface area contributed by atoms with E-state index in [1.165, 1.54) is 0 Å². The Morgan fingerprint density at radius 1 is 1.58 bits per heavy atom. The standard InChI is InChI=1S/C7H11N5/c1-2-12-5(8)3-4-6(12)11-7(9)10-4/h3H,2,8H2,1H3,(H3,9,10,11). The van der Waals surface area contributed by atoms with Gasteiger partial charge in [-0.05, 0) is 6.92 Å². The molecule has 0 bridgehead atoms. The largest absolute Gasteiger partial charge is 0.385 e. The third kappa shape index (κ3) is 0.761. The van der Waals surface area contributed by atoms with E-state index in [0.29, 0.717) is 11.8 Å². The summed E-state index contributed by atoms with van der Waals surface area (Å²) < 4.78 is 1.90. The molecular weight excluding hydrogens is 154 g/mol. The third-order valence-electron chi connectivity index (χ3n) is 1.91. The van der Waals surface area contributed by atoms with Crippen molar-refractivity contribution in [1.82, 2.24) is 14.5 Å². The Labute approximate surface area is 69.4 Å². The topological polar surface area (TPSA) is 85.6 Å². The fourth-order valence-electron chi connectivity index (χ4n) is 1.38. The number of fused-ring (bicyclic) bond motifs is 1. The Balaban J connectivity index is 2.78. The number of rotatable bonds is 1. The average Bonchev–Trinajstić information content (AvgIpc) is 2.43. The van der Waals surface area contributed by atoms with Crippen molar-refractivity contribution in [1.29, 1.82) is 0 Å². The van der Waals surface area contributed by atoms with Crippen LogP contribution in [0.5, 0.6) is 0 Å². The van der Waals surface area contributed by atoms with Gasteiger partial charge in [-0.1, -0.05) is 0 Å². The number of aromatic amines is 1. The summed E-state index contributed by atoms with van der Waals surface area (Å²) in [6.07, 6.45) is 0. The highest BCUT2D eigenvalue weighted by atomic mass is 15.2. The van der Waals surface area contributed by atoms with Crippen LogP contribution in [0.1, 0.15) is 6.92 Å². The molecule has 0 aliphatic rings. The van der Waals surface area contributed by atoms with E-state index in [-0.39, 0.29) is 0 Å². The van der Waals surface area contributed by atoms with Crippen LogP contribution in [0.4, 0.5) is 11.8 Å². The molecule has 0 aliphatic heterocycles. The smallest absolute Gasteiger partial charge is 0.199 e. The summed E-state index contributed by atoms with van der Waals surface area (Å²) in [7, 11) is 0.